The van der Waals surface area contributed by atoms with Gasteiger partial charge in [-0.2, -0.15) is 0 Å². The van der Waals surface area contributed by atoms with E-state index in [1.165, 1.54) is 19.3 Å². The minimum atomic E-state index is -0.192. The van der Waals surface area contributed by atoms with E-state index in [0.29, 0.717) is 18.2 Å². The SMILES string of the molecule is O=C(NC1CCN(C(=O)C2CCCCC2)C1)c1cc(C2CC2)on1. The van der Waals surface area contributed by atoms with Crippen LogP contribution in [0.4, 0.5) is 0 Å². The highest BCUT2D eigenvalue weighted by molar-refractivity contribution is 5.92. The molecule has 0 bridgehead atoms. The summed E-state index contributed by atoms with van der Waals surface area (Å²) in [6, 6.07) is 1.78. The fourth-order valence-corrected chi connectivity index (χ4v) is 3.90. The Hall–Kier alpha value is -1.85. The second kappa shape index (κ2) is 6.57. The summed E-state index contributed by atoms with van der Waals surface area (Å²) in [5.41, 5.74) is 0.356. The van der Waals surface area contributed by atoms with E-state index in [0.717, 1.165) is 44.4 Å². The molecule has 1 aliphatic heterocycles. The lowest BCUT2D eigenvalue weighted by Crippen LogP contribution is -2.40. The van der Waals surface area contributed by atoms with Crippen LogP contribution in [0, 0.1) is 5.92 Å². The number of likely N-dealkylation sites (tertiary alicyclic amines) is 1. The van der Waals surface area contributed by atoms with Crippen molar-refractivity contribution in [3.8, 4) is 0 Å². The van der Waals surface area contributed by atoms with E-state index in [4.69, 9.17) is 4.52 Å². The number of nitrogens with zero attached hydrogens (tertiary/aromatic N) is 2. The average Bonchev–Trinajstić information content (AvgIpc) is 3.16. The van der Waals surface area contributed by atoms with Crippen molar-refractivity contribution >= 4 is 11.8 Å². The zero-order chi connectivity index (χ0) is 16.5. The summed E-state index contributed by atoms with van der Waals surface area (Å²) in [5, 5.41) is 6.88. The van der Waals surface area contributed by atoms with Crippen molar-refractivity contribution < 1.29 is 14.1 Å². The van der Waals surface area contributed by atoms with Gasteiger partial charge in [0, 0.05) is 37.0 Å². The predicted octanol–water partition coefficient (Wildman–Crippen LogP) is 2.46. The van der Waals surface area contributed by atoms with E-state index in [1.54, 1.807) is 6.07 Å². The molecule has 1 unspecified atom stereocenters. The van der Waals surface area contributed by atoms with Crippen molar-refractivity contribution in [2.75, 3.05) is 13.1 Å². The minimum Gasteiger partial charge on any atom is -0.360 e. The molecule has 6 heteroatoms. The first-order chi connectivity index (χ1) is 11.7. The largest absolute Gasteiger partial charge is 0.360 e. The van der Waals surface area contributed by atoms with Gasteiger partial charge in [-0.3, -0.25) is 9.59 Å². The Balaban J connectivity index is 1.29. The van der Waals surface area contributed by atoms with Crippen molar-refractivity contribution in [3.05, 3.63) is 17.5 Å². The molecule has 6 nitrogen and oxygen atoms in total. The highest BCUT2D eigenvalue weighted by Gasteiger charge is 2.33. The van der Waals surface area contributed by atoms with Crippen LogP contribution in [0.25, 0.3) is 0 Å². The lowest BCUT2D eigenvalue weighted by molar-refractivity contribution is -0.135. The highest BCUT2D eigenvalue weighted by atomic mass is 16.5. The molecule has 1 atom stereocenters. The van der Waals surface area contributed by atoms with E-state index >= 15 is 0 Å². The molecule has 2 heterocycles. The monoisotopic (exact) mass is 331 g/mol. The maximum absolute atomic E-state index is 12.6. The first-order valence-electron chi connectivity index (χ1n) is 9.27. The Labute approximate surface area is 141 Å². The van der Waals surface area contributed by atoms with Gasteiger partial charge in [0.05, 0.1) is 0 Å². The van der Waals surface area contributed by atoms with E-state index < -0.39 is 0 Å². The molecule has 3 aliphatic rings. The van der Waals surface area contributed by atoms with Crippen LogP contribution < -0.4 is 5.32 Å². The van der Waals surface area contributed by atoms with E-state index in [1.807, 2.05) is 4.90 Å². The number of nitrogens with one attached hydrogen (secondary N) is 1. The summed E-state index contributed by atoms with van der Waals surface area (Å²) in [5.74, 6) is 1.56. The van der Waals surface area contributed by atoms with Crippen molar-refractivity contribution in [2.24, 2.45) is 5.92 Å². The van der Waals surface area contributed by atoms with Crippen molar-refractivity contribution in [1.82, 2.24) is 15.4 Å². The maximum atomic E-state index is 12.6. The van der Waals surface area contributed by atoms with Crippen LogP contribution in [0.5, 0.6) is 0 Å². The molecule has 130 valence electrons. The van der Waals surface area contributed by atoms with Gasteiger partial charge in [-0.1, -0.05) is 24.4 Å². The van der Waals surface area contributed by atoms with Gasteiger partial charge in [-0.15, -0.1) is 0 Å². The molecule has 0 aromatic carbocycles. The molecule has 2 aliphatic carbocycles. The molecule has 4 rings (SSSR count). The Bertz CT molecular complexity index is 617. The van der Waals surface area contributed by atoms with Gasteiger partial charge in [0.25, 0.3) is 5.91 Å². The van der Waals surface area contributed by atoms with Gasteiger partial charge >= 0.3 is 0 Å². The molecule has 3 fully saturated rings. The van der Waals surface area contributed by atoms with Gasteiger partial charge in [0.15, 0.2) is 5.69 Å². The van der Waals surface area contributed by atoms with Gasteiger partial charge in [0.2, 0.25) is 5.91 Å². The number of carbonyl (C=O) groups excluding carboxylic acids is 2. The summed E-state index contributed by atoms with van der Waals surface area (Å²) in [6.07, 6.45) is 8.69. The number of hydrogen-bond acceptors (Lipinski definition) is 4. The molecule has 0 spiro atoms. The fourth-order valence-electron chi connectivity index (χ4n) is 3.90. The molecule has 1 N–H and O–H groups in total. The summed E-state index contributed by atoms with van der Waals surface area (Å²) in [4.78, 5) is 26.8. The molecule has 1 aromatic rings. The summed E-state index contributed by atoms with van der Waals surface area (Å²) in [7, 11) is 0. The van der Waals surface area contributed by atoms with Crippen molar-refractivity contribution in [1.29, 1.82) is 0 Å². The molecule has 2 amide bonds. The Kier molecular flexibility index (Phi) is 4.29. The van der Waals surface area contributed by atoms with Crippen LogP contribution in [-0.4, -0.2) is 41.0 Å². The molecular weight excluding hydrogens is 306 g/mol. The van der Waals surface area contributed by atoms with Gasteiger partial charge < -0.3 is 14.7 Å². The standard InChI is InChI=1S/C18H25N3O3/c22-17(15-10-16(24-20-15)12-6-7-12)19-14-8-9-21(11-14)18(23)13-4-2-1-3-5-13/h10,12-14H,1-9,11H2,(H,19,22). The van der Waals surface area contributed by atoms with Gasteiger partial charge in [-0.25, -0.2) is 0 Å². The van der Waals surface area contributed by atoms with E-state index in [2.05, 4.69) is 10.5 Å². The average molecular weight is 331 g/mol. The quantitative estimate of drug-likeness (QED) is 0.919. The lowest BCUT2D eigenvalue weighted by atomic mass is 9.88. The summed E-state index contributed by atoms with van der Waals surface area (Å²) < 4.78 is 5.24. The third kappa shape index (κ3) is 3.32. The van der Waals surface area contributed by atoms with Crippen LogP contribution in [0.15, 0.2) is 10.6 Å². The molecule has 2 saturated carbocycles. The normalized spacial score (nSPS) is 25.0. The maximum Gasteiger partial charge on any atom is 0.273 e. The van der Waals surface area contributed by atoms with E-state index in [9.17, 15) is 9.59 Å². The zero-order valence-corrected chi connectivity index (χ0v) is 14.0. The smallest absolute Gasteiger partial charge is 0.273 e. The second-order valence-electron chi connectivity index (χ2n) is 7.47. The topological polar surface area (TPSA) is 75.4 Å². The van der Waals surface area contributed by atoms with Crippen LogP contribution in [0.1, 0.15) is 73.5 Å². The first-order valence-corrected chi connectivity index (χ1v) is 9.27. The zero-order valence-electron chi connectivity index (χ0n) is 14.0. The minimum absolute atomic E-state index is 0.0196. The van der Waals surface area contributed by atoms with Crippen LogP contribution >= 0.6 is 0 Å². The Morgan fingerprint density at radius 1 is 1.12 bits per heavy atom. The van der Waals surface area contributed by atoms with Gasteiger partial charge in [-0.05, 0) is 32.1 Å². The predicted molar refractivity (Wildman–Crippen MR) is 87.5 cm³/mol. The molecular formula is C18H25N3O3. The first kappa shape index (κ1) is 15.7. The van der Waals surface area contributed by atoms with Crippen LogP contribution in [0.2, 0.25) is 0 Å². The number of hydrogen-bond donors (Lipinski definition) is 1. The fraction of sp³-hybridized carbons (Fsp3) is 0.722. The molecule has 1 saturated heterocycles. The van der Waals surface area contributed by atoms with Crippen LogP contribution in [-0.2, 0) is 4.79 Å². The number of rotatable bonds is 4. The number of carbonyl (C=O) groups is 2. The number of aromatic nitrogens is 1. The van der Waals surface area contributed by atoms with E-state index in [-0.39, 0.29) is 23.8 Å². The van der Waals surface area contributed by atoms with Crippen molar-refractivity contribution in [3.63, 3.8) is 0 Å². The third-order valence-electron chi connectivity index (χ3n) is 5.53. The highest BCUT2D eigenvalue weighted by Crippen LogP contribution is 2.40. The molecule has 24 heavy (non-hydrogen) atoms. The summed E-state index contributed by atoms with van der Waals surface area (Å²) >= 11 is 0. The van der Waals surface area contributed by atoms with Gasteiger partial charge in [0.1, 0.15) is 5.76 Å². The molecule has 1 aromatic heterocycles. The number of amides is 2. The Morgan fingerprint density at radius 3 is 2.67 bits per heavy atom. The van der Waals surface area contributed by atoms with Crippen molar-refractivity contribution in [2.45, 2.75) is 63.3 Å². The lowest BCUT2D eigenvalue weighted by Gasteiger charge is -2.26. The molecule has 0 radical (unpaired) electrons. The second-order valence-corrected chi connectivity index (χ2v) is 7.47. The summed E-state index contributed by atoms with van der Waals surface area (Å²) in [6.45, 7) is 1.36. The third-order valence-corrected chi connectivity index (χ3v) is 5.53. The Morgan fingerprint density at radius 2 is 1.92 bits per heavy atom. The van der Waals surface area contributed by atoms with Crippen LogP contribution in [0.3, 0.4) is 0 Å².